The molecule has 94 valence electrons. The van der Waals surface area contributed by atoms with Crippen LogP contribution < -0.4 is 11.1 Å². The van der Waals surface area contributed by atoms with Crippen LogP contribution in [0.2, 0.25) is 0 Å². The van der Waals surface area contributed by atoms with E-state index in [0.29, 0.717) is 0 Å². The maximum absolute atomic E-state index is 12.0. The Hall–Kier alpha value is -0.610. The molecule has 1 aliphatic carbocycles. The second-order valence-electron chi connectivity index (χ2n) is 5.87. The van der Waals surface area contributed by atoms with Gasteiger partial charge in [-0.25, -0.2) is 0 Å². The van der Waals surface area contributed by atoms with Crippen molar-refractivity contribution in [1.82, 2.24) is 5.32 Å². The summed E-state index contributed by atoms with van der Waals surface area (Å²) >= 11 is 0. The summed E-state index contributed by atoms with van der Waals surface area (Å²) in [5, 5.41) is 12.9. The SMILES string of the molecule is CC(C)(O)C(C)(C)NC(=O)C1CCCC1N. The summed E-state index contributed by atoms with van der Waals surface area (Å²) in [5.74, 6) is -0.126. The van der Waals surface area contributed by atoms with E-state index < -0.39 is 11.1 Å². The number of nitrogens with one attached hydrogen (secondary N) is 1. The number of carbonyl (C=O) groups is 1. The molecule has 0 aliphatic heterocycles. The molecular weight excluding hydrogens is 204 g/mol. The van der Waals surface area contributed by atoms with Gasteiger partial charge in [0.15, 0.2) is 0 Å². The molecule has 0 heterocycles. The van der Waals surface area contributed by atoms with E-state index >= 15 is 0 Å². The van der Waals surface area contributed by atoms with Crippen LogP contribution in [-0.4, -0.2) is 28.2 Å². The van der Waals surface area contributed by atoms with E-state index in [9.17, 15) is 9.90 Å². The molecule has 0 aromatic heterocycles. The summed E-state index contributed by atoms with van der Waals surface area (Å²) in [7, 11) is 0. The molecule has 4 nitrogen and oxygen atoms in total. The van der Waals surface area contributed by atoms with Crippen LogP contribution in [0.15, 0.2) is 0 Å². The summed E-state index contributed by atoms with van der Waals surface area (Å²) in [5.41, 5.74) is 4.29. The van der Waals surface area contributed by atoms with Crippen LogP contribution in [0, 0.1) is 5.92 Å². The minimum Gasteiger partial charge on any atom is -0.388 e. The van der Waals surface area contributed by atoms with Gasteiger partial charge < -0.3 is 16.2 Å². The lowest BCUT2D eigenvalue weighted by Gasteiger charge is -2.39. The van der Waals surface area contributed by atoms with E-state index in [1.807, 2.05) is 13.8 Å². The van der Waals surface area contributed by atoms with E-state index in [2.05, 4.69) is 5.32 Å². The average molecular weight is 228 g/mol. The van der Waals surface area contributed by atoms with E-state index in [-0.39, 0.29) is 17.9 Å². The second kappa shape index (κ2) is 4.34. The Morgan fingerprint density at radius 1 is 1.31 bits per heavy atom. The highest BCUT2D eigenvalue weighted by Gasteiger charge is 2.39. The van der Waals surface area contributed by atoms with Gasteiger partial charge in [-0.3, -0.25) is 4.79 Å². The molecular formula is C12H24N2O2. The van der Waals surface area contributed by atoms with Crippen LogP contribution in [0.4, 0.5) is 0 Å². The molecule has 1 fully saturated rings. The summed E-state index contributed by atoms with van der Waals surface area (Å²) < 4.78 is 0. The molecule has 1 amide bonds. The average Bonchev–Trinajstić information content (AvgIpc) is 2.48. The lowest BCUT2D eigenvalue weighted by molar-refractivity contribution is -0.130. The largest absolute Gasteiger partial charge is 0.388 e. The van der Waals surface area contributed by atoms with Crippen LogP contribution in [0.3, 0.4) is 0 Å². The Morgan fingerprint density at radius 3 is 2.25 bits per heavy atom. The Balaban J connectivity index is 2.64. The van der Waals surface area contributed by atoms with Crippen LogP contribution in [0.1, 0.15) is 47.0 Å². The highest BCUT2D eigenvalue weighted by atomic mass is 16.3. The fourth-order valence-electron chi connectivity index (χ4n) is 1.87. The van der Waals surface area contributed by atoms with Crippen molar-refractivity contribution in [3.8, 4) is 0 Å². The van der Waals surface area contributed by atoms with E-state index in [1.165, 1.54) is 0 Å². The zero-order valence-electron chi connectivity index (χ0n) is 10.7. The third kappa shape index (κ3) is 2.74. The molecule has 0 aromatic carbocycles. The van der Waals surface area contributed by atoms with E-state index in [0.717, 1.165) is 19.3 Å². The molecule has 1 saturated carbocycles. The van der Waals surface area contributed by atoms with Crippen molar-refractivity contribution in [3.05, 3.63) is 0 Å². The smallest absolute Gasteiger partial charge is 0.225 e. The minimum absolute atomic E-state index is 0.0300. The number of hydrogen-bond acceptors (Lipinski definition) is 3. The molecule has 0 spiro atoms. The number of amides is 1. The molecule has 1 rings (SSSR count). The second-order valence-corrected chi connectivity index (χ2v) is 5.87. The zero-order chi connectivity index (χ0) is 12.6. The fraction of sp³-hybridized carbons (Fsp3) is 0.917. The van der Waals surface area contributed by atoms with Crippen molar-refractivity contribution in [2.75, 3.05) is 0 Å². The van der Waals surface area contributed by atoms with E-state index in [4.69, 9.17) is 5.73 Å². The molecule has 4 heteroatoms. The summed E-state index contributed by atoms with van der Waals surface area (Å²) in [6.07, 6.45) is 2.79. The van der Waals surface area contributed by atoms with Gasteiger partial charge in [-0.1, -0.05) is 6.42 Å². The van der Waals surface area contributed by atoms with Crippen LogP contribution in [-0.2, 0) is 4.79 Å². The standard InChI is InChI=1S/C12H24N2O2/c1-11(2,12(3,4)16)14-10(15)8-6-5-7-9(8)13/h8-9,16H,5-7,13H2,1-4H3,(H,14,15). The summed E-state index contributed by atoms with van der Waals surface area (Å²) in [6.45, 7) is 7.04. The Kier molecular flexibility index (Phi) is 3.65. The third-order valence-corrected chi connectivity index (χ3v) is 3.87. The summed E-state index contributed by atoms with van der Waals surface area (Å²) in [6, 6.07) is -0.0300. The predicted octanol–water partition coefficient (Wildman–Crippen LogP) is 0.780. The van der Waals surface area contributed by atoms with E-state index in [1.54, 1.807) is 13.8 Å². The minimum atomic E-state index is -0.953. The van der Waals surface area contributed by atoms with Gasteiger partial charge in [0.05, 0.1) is 17.1 Å². The zero-order valence-corrected chi connectivity index (χ0v) is 10.7. The lowest BCUT2D eigenvalue weighted by Crippen LogP contribution is -2.59. The van der Waals surface area contributed by atoms with Gasteiger partial charge in [0.1, 0.15) is 0 Å². The Labute approximate surface area is 97.6 Å². The molecule has 0 radical (unpaired) electrons. The molecule has 16 heavy (non-hydrogen) atoms. The first-order valence-corrected chi connectivity index (χ1v) is 5.95. The van der Waals surface area contributed by atoms with Gasteiger partial charge in [-0.2, -0.15) is 0 Å². The number of hydrogen-bond donors (Lipinski definition) is 3. The van der Waals surface area contributed by atoms with Crippen LogP contribution in [0.25, 0.3) is 0 Å². The van der Waals surface area contributed by atoms with Gasteiger partial charge in [0, 0.05) is 6.04 Å². The van der Waals surface area contributed by atoms with Crippen molar-refractivity contribution in [2.45, 2.75) is 64.1 Å². The maximum atomic E-state index is 12.0. The Morgan fingerprint density at radius 2 is 1.88 bits per heavy atom. The van der Waals surface area contributed by atoms with Crippen LogP contribution >= 0.6 is 0 Å². The number of carbonyl (C=O) groups excluding carboxylic acids is 1. The number of nitrogens with two attached hydrogens (primary N) is 1. The fourth-order valence-corrected chi connectivity index (χ4v) is 1.87. The first-order valence-electron chi connectivity index (χ1n) is 5.95. The first kappa shape index (κ1) is 13.5. The van der Waals surface area contributed by atoms with Crippen molar-refractivity contribution in [1.29, 1.82) is 0 Å². The molecule has 0 aromatic rings. The Bertz CT molecular complexity index is 269. The summed E-state index contributed by atoms with van der Waals surface area (Å²) in [4.78, 5) is 12.0. The topological polar surface area (TPSA) is 75.3 Å². The van der Waals surface area contributed by atoms with Gasteiger partial charge in [0.25, 0.3) is 0 Å². The molecule has 2 atom stereocenters. The van der Waals surface area contributed by atoms with Gasteiger partial charge >= 0.3 is 0 Å². The number of rotatable bonds is 3. The molecule has 2 unspecified atom stereocenters. The molecule has 1 aliphatic rings. The monoisotopic (exact) mass is 228 g/mol. The lowest BCUT2D eigenvalue weighted by atomic mass is 9.85. The third-order valence-electron chi connectivity index (χ3n) is 3.87. The van der Waals surface area contributed by atoms with Gasteiger partial charge in [-0.05, 0) is 40.5 Å². The van der Waals surface area contributed by atoms with Gasteiger partial charge in [0.2, 0.25) is 5.91 Å². The molecule has 0 saturated heterocycles. The van der Waals surface area contributed by atoms with Gasteiger partial charge in [-0.15, -0.1) is 0 Å². The molecule has 4 N–H and O–H groups in total. The first-order chi connectivity index (χ1) is 7.15. The normalized spacial score (nSPS) is 26.9. The van der Waals surface area contributed by atoms with Crippen molar-refractivity contribution in [2.24, 2.45) is 11.7 Å². The van der Waals surface area contributed by atoms with Crippen molar-refractivity contribution in [3.63, 3.8) is 0 Å². The maximum Gasteiger partial charge on any atom is 0.225 e. The van der Waals surface area contributed by atoms with Crippen molar-refractivity contribution < 1.29 is 9.90 Å². The molecule has 0 bridgehead atoms. The highest BCUT2D eigenvalue weighted by molar-refractivity contribution is 5.80. The highest BCUT2D eigenvalue weighted by Crippen LogP contribution is 2.26. The number of aliphatic hydroxyl groups is 1. The van der Waals surface area contributed by atoms with Crippen molar-refractivity contribution >= 4 is 5.91 Å². The van der Waals surface area contributed by atoms with Crippen LogP contribution in [0.5, 0.6) is 0 Å². The predicted molar refractivity (Wildman–Crippen MR) is 63.8 cm³/mol. The quantitative estimate of drug-likeness (QED) is 0.668.